The lowest BCUT2D eigenvalue weighted by Crippen LogP contribution is -2.47. The van der Waals surface area contributed by atoms with E-state index in [0.717, 1.165) is 30.6 Å². The van der Waals surface area contributed by atoms with E-state index < -0.39 is 18.1 Å². The van der Waals surface area contributed by atoms with Gasteiger partial charge >= 0.3 is 0 Å². The van der Waals surface area contributed by atoms with E-state index in [1.54, 1.807) is 7.11 Å². The van der Waals surface area contributed by atoms with Gasteiger partial charge in [0.25, 0.3) is 5.91 Å². The maximum absolute atomic E-state index is 12.1. The van der Waals surface area contributed by atoms with Crippen LogP contribution < -0.4 is 15.8 Å². The Morgan fingerprint density at radius 1 is 1.29 bits per heavy atom. The molecule has 1 amide bonds. The van der Waals surface area contributed by atoms with Gasteiger partial charge in [-0.3, -0.25) is 4.79 Å². The second-order valence-electron chi connectivity index (χ2n) is 6.41. The van der Waals surface area contributed by atoms with E-state index in [2.05, 4.69) is 5.32 Å². The van der Waals surface area contributed by atoms with Crippen LogP contribution in [0.3, 0.4) is 0 Å². The van der Waals surface area contributed by atoms with Crippen LogP contribution >= 0.6 is 12.4 Å². The molecule has 0 saturated heterocycles. The Hall–Kier alpha value is -1.30. The summed E-state index contributed by atoms with van der Waals surface area (Å²) < 4.78 is 5.09. The third-order valence-corrected chi connectivity index (χ3v) is 4.63. The molecule has 24 heavy (non-hydrogen) atoms. The lowest BCUT2D eigenvalue weighted by Gasteiger charge is -2.26. The summed E-state index contributed by atoms with van der Waals surface area (Å²) in [5.41, 5.74) is 6.98. The van der Waals surface area contributed by atoms with E-state index in [1.165, 1.54) is 19.3 Å². The maximum atomic E-state index is 12.1. The summed E-state index contributed by atoms with van der Waals surface area (Å²) in [7, 11) is 1.61. The molecule has 1 aliphatic carbocycles. The Bertz CT molecular complexity index is 490. The fourth-order valence-electron chi connectivity index (χ4n) is 3.17. The molecule has 6 heteroatoms. The zero-order valence-electron chi connectivity index (χ0n) is 14.2. The Morgan fingerprint density at radius 3 is 2.50 bits per heavy atom. The van der Waals surface area contributed by atoms with Crippen LogP contribution in [0.4, 0.5) is 0 Å². The topological polar surface area (TPSA) is 84.6 Å². The van der Waals surface area contributed by atoms with Crippen LogP contribution in [0.2, 0.25) is 0 Å². The molecule has 1 aromatic rings. The average Bonchev–Trinajstić information content (AvgIpc) is 2.60. The highest BCUT2D eigenvalue weighted by Gasteiger charge is 2.26. The smallest absolute Gasteiger partial charge is 0.250 e. The first-order valence-electron chi connectivity index (χ1n) is 8.44. The van der Waals surface area contributed by atoms with Crippen molar-refractivity contribution in [3.63, 3.8) is 0 Å². The molecule has 136 valence electrons. The minimum atomic E-state index is -1.14. The van der Waals surface area contributed by atoms with E-state index in [-0.39, 0.29) is 12.4 Å². The van der Waals surface area contributed by atoms with E-state index in [0.29, 0.717) is 12.5 Å². The molecular weight excluding hydrogens is 328 g/mol. The van der Waals surface area contributed by atoms with Gasteiger partial charge in [-0.15, -0.1) is 12.4 Å². The Labute approximate surface area is 150 Å². The fourth-order valence-corrected chi connectivity index (χ4v) is 3.17. The largest absolute Gasteiger partial charge is 0.497 e. The fraction of sp³-hybridized carbons (Fsp3) is 0.611. The summed E-state index contributed by atoms with van der Waals surface area (Å²) in [5.74, 6) is 0.918. The van der Waals surface area contributed by atoms with Crippen molar-refractivity contribution in [1.29, 1.82) is 0 Å². The number of nitrogens with one attached hydrogen (secondary N) is 1. The number of amides is 1. The van der Waals surface area contributed by atoms with Crippen LogP contribution in [0.15, 0.2) is 24.3 Å². The number of hydrogen-bond donors (Lipinski definition) is 3. The first-order chi connectivity index (χ1) is 11.1. The quantitative estimate of drug-likeness (QED) is 0.700. The summed E-state index contributed by atoms with van der Waals surface area (Å²) in [5, 5.41) is 12.9. The molecule has 1 aliphatic rings. The number of aliphatic hydroxyl groups excluding tert-OH is 1. The number of aliphatic hydroxyl groups is 1. The number of halogens is 1. The molecule has 2 rings (SSSR count). The molecule has 4 N–H and O–H groups in total. The number of nitrogens with two attached hydrogens (primary N) is 1. The second kappa shape index (κ2) is 10.5. The molecule has 1 unspecified atom stereocenters. The van der Waals surface area contributed by atoms with Crippen molar-refractivity contribution in [3.05, 3.63) is 29.8 Å². The van der Waals surface area contributed by atoms with Crippen molar-refractivity contribution >= 4 is 18.3 Å². The van der Waals surface area contributed by atoms with Crippen LogP contribution in [-0.2, 0) is 11.3 Å². The summed E-state index contributed by atoms with van der Waals surface area (Å²) in [6, 6.07) is 6.95. The molecule has 0 bridgehead atoms. The number of hydrogen-bond acceptors (Lipinski definition) is 4. The summed E-state index contributed by atoms with van der Waals surface area (Å²) in [4.78, 5) is 12.1. The second-order valence-corrected chi connectivity index (χ2v) is 6.41. The van der Waals surface area contributed by atoms with Crippen LogP contribution in [0, 0.1) is 5.92 Å². The van der Waals surface area contributed by atoms with Crippen molar-refractivity contribution in [1.82, 2.24) is 5.32 Å². The van der Waals surface area contributed by atoms with E-state index in [1.807, 2.05) is 24.3 Å². The molecule has 0 spiro atoms. The van der Waals surface area contributed by atoms with Crippen molar-refractivity contribution in [2.45, 2.75) is 57.2 Å². The number of ether oxygens (including phenoxy) is 1. The van der Waals surface area contributed by atoms with Gasteiger partial charge in [0.15, 0.2) is 0 Å². The molecule has 0 aromatic heterocycles. The van der Waals surface area contributed by atoms with Gasteiger partial charge in [-0.1, -0.05) is 44.2 Å². The normalized spacial score (nSPS) is 17.5. The predicted octanol–water partition coefficient (Wildman–Crippen LogP) is 2.39. The van der Waals surface area contributed by atoms with Crippen molar-refractivity contribution < 1.29 is 14.6 Å². The van der Waals surface area contributed by atoms with Crippen LogP contribution in [0.1, 0.15) is 44.1 Å². The summed E-state index contributed by atoms with van der Waals surface area (Å²) >= 11 is 0. The van der Waals surface area contributed by atoms with Crippen molar-refractivity contribution in [2.24, 2.45) is 11.7 Å². The zero-order chi connectivity index (χ0) is 16.7. The Morgan fingerprint density at radius 2 is 1.92 bits per heavy atom. The molecule has 5 nitrogen and oxygen atoms in total. The van der Waals surface area contributed by atoms with Gasteiger partial charge in [-0.2, -0.15) is 0 Å². The van der Waals surface area contributed by atoms with Gasteiger partial charge < -0.3 is 20.9 Å². The van der Waals surface area contributed by atoms with E-state index >= 15 is 0 Å². The molecule has 0 aliphatic heterocycles. The van der Waals surface area contributed by atoms with E-state index in [4.69, 9.17) is 10.5 Å². The van der Waals surface area contributed by atoms with Gasteiger partial charge in [-0.25, -0.2) is 0 Å². The molecular formula is C18H29ClN2O3. The third-order valence-electron chi connectivity index (χ3n) is 4.63. The summed E-state index contributed by atoms with van der Waals surface area (Å²) in [6.45, 7) is 0.371. The molecule has 1 fully saturated rings. The number of carbonyl (C=O) groups is 1. The molecule has 2 atom stereocenters. The highest BCUT2D eigenvalue weighted by Crippen LogP contribution is 2.27. The van der Waals surface area contributed by atoms with Crippen molar-refractivity contribution in [2.75, 3.05) is 7.11 Å². The minimum absolute atomic E-state index is 0. The predicted molar refractivity (Wildman–Crippen MR) is 97.3 cm³/mol. The molecule has 1 aromatic carbocycles. The maximum Gasteiger partial charge on any atom is 0.250 e. The first kappa shape index (κ1) is 20.7. The highest BCUT2D eigenvalue weighted by atomic mass is 35.5. The van der Waals surface area contributed by atoms with Crippen LogP contribution in [0.5, 0.6) is 5.75 Å². The number of carbonyl (C=O) groups excluding carboxylic acids is 1. The van der Waals surface area contributed by atoms with Crippen LogP contribution in [-0.4, -0.2) is 30.3 Å². The lowest BCUT2D eigenvalue weighted by molar-refractivity contribution is -0.130. The molecule has 0 heterocycles. The van der Waals surface area contributed by atoms with E-state index in [9.17, 15) is 9.90 Å². The minimum Gasteiger partial charge on any atom is -0.497 e. The van der Waals surface area contributed by atoms with Gasteiger partial charge in [0, 0.05) is 12.6 Å². The molecule has 0 radical (unpaired) electrons. The number of benzene rings is 1. The number of rotatable bonds is 7. The highest BCUT2D eigenvalue weighted by molar-refractivity contribution is 5.85. The lowest BCUT2D eigenvalue weighted by atomic mass is 9.84. The van der Waals surface area contributed by atoms with Gasteiger partial charge in [0.2, 0.25) is 0 Å². The molecule has 1 saturated carbocycles. The summed E-state index contributed by atoms with van der Waals surface area (Å²) in [6.07, 6.45) is 5.65. The van der Waals surface area contributed by atoms with Gasteiger partial charge in [0.05, 0.1) is 7.11 Å². The Kier molecular flexibility index (Phi) is 9.11. The average molecular weight is 357 g/mol. The zero-order valence-corrected chi connectivity index (χ0v) is 15.1. The third kappa shape index (κ3) is 6.30. The van der Waals surface area contributed by atoms with Crippen molar-refractivity contribution in [3.8, 4) is 5.75 Å². The van der Waals surface area contributed by atoms with Gasteiger partial charge in [-0.05, 0) is 30.0 Å². The SMILES string of the molecule is COc1ccc(CNC(=O)C(O)[C@H](N)CC2CCCCC2)cc1.Cl. The monoisotopic (exact) mass is 356 g/mol. The van der Waals surface area contributed by atoms with Gasteiger partial charge in [0.1, 0.15) is 11.9 Å². The standard InChI is InChI=1S/C18H28N2O3.ClH/c1-23-15-9-7-14(8-10-15)12-20-18(22)17(21)16(19)11-13-5-3-2-4-6-13;/h7-10,13,16-17,21H,2-6,11-12,19H2,1H3,(H,20,22);1H/t16-,17?;/m1./s1. The number of methoxy groups -OCH3 is 1. The Balaban J connectivity index is 0.00000288. The van der Waals surface area contributed by atoms with Crippen LogP contribution in [0.25, 0.3) is 0 Å². The first-order valence-corrected chi connectivity index (χ1v) is 8.44.